The molecule has 152 valence electrons. The Morgan fingerprint density at radius 2 is 1.84 bits per heavy atom. The lowest BCUT2D eigenvalue weighted by molar-refractivity contribution is 0.0215. The number of carbonyl (C=O) groups is 2. The number of carbonyl (C=O) groups excluding carboxylic acids is 1. The largest absolute Gasteiger partial charge is 0.508 e. The van der Waals surface area contributed by atoms with Crippen molar-refractivity contribution in [2.24, 2.45) is 4.99 Å². The van der Waals surface area contributed by atoms with E-state index in [9.17, 15) is 24.9 Å². The highest BCUT2D eigenvalue weighted by Gasteiger charge is 2.56. The number of phenols is 2. The summed E-state index contributed by atoms with van der Waals surface area (Å²) < 4.78 is 11.7. The van der Waals surface area contributed by atoms with Gasteiger partial charge in [-0.3, -0.25) is 0 Å². The van der Waals surface area contributed by atoms with Gasteiger partial charge >= 0.3 is 11.9 Å². The number of aliphatic imine (C=N–C) groups is 1. The van der Waals surface area contributed by atoms with Gasteiger partial charge in [-0.1, -0.05) is 18.2 Å². The van der Waals surface area contributed by atoms with Crippen molar-refractivity contribution in [3.8, 4) is 23.0 Å². The first-order chi connectivity index (χ1) is 14.9. The third kappa shape index (κ3) is 2.41. The highest BCUT2D eigenvalue weighted by atomic mass is 32.1. The van der Waals surface area contributed by atoms with E-state index in [1.807, 2.05) is 0 Å². The molecule has 0 bridgehead atoms. The molecule has 0 radical (unpaired) electrons. The van der Waals surface area contributed by atoms with Crippen molar-refractivity contribution >= 4 is 35.0 Å². The Hall–Kier alpha value is -4.20. The molecule has 1 unspecified atom stereocenters. The first-order valence-electron chi connectivity index (χ1n) is 8.94. The Balaban J connectivity index is 2.00. The van der Waals surface area contributed by atoms with Crippen molar-refractivity contribution in [1.82, 2.24) is 0 Å². The predicted octanol–water partition coefficient (Wildman–Crippen LogP) is 4.10. The van der Waals surface area contributed by atoms with E-state index in [1.54, 1.807) is 24.3 Å². The van der Waals surface area contributed by atoms with Crippen LogP contribution in [0.5, 0.6) is 23.0 Å². The Kier molecular flexibility index (Phi) is 3.88. The van der Waals surface area contributed by atoms with Crippen molar-refractivity contribution in [3.05, 3.63) is 76.3 Å². The van der Waals surface area contributed by atoms with Gasteiger partial charge in [-0.05, 0) is 30.4 Å². The predicted molar refractivity (Wildman–Crippen MR) is 110 cm³/mol. The molecule has 0 aliphatic carbocycles. The average Bonchev–Trinajstić information content (AvgIpc) is 3.02. The molecular formula is C22H11NO7S. The minimum absolute atomic E-state index is 0.0294. The van der Waals surface area contributed by atoms with Crippen LogP contribution in [-0.2, 0) is 10.3 Å². The first kappa shape index (κ1) is 18.8. The molecule has 8 nitrogen and oxygen atoms in total. The maximum atomic E-state index is 12.8. The van der Waals surface area contributed by atoms with Gasteiger partial charge in [-0.2, -0.15) is 4.99 Å². The Morgan fingerprint density at radius 1 is 1.06 bits per heavy atom. The first-order valence-corrected chi connectivity index (χ1v) is 9.35. The summed E-state index contributed by atoms with van der Waals surface area (Å²) in [6, 6.07) is 11.9. The normalized spacial score (nSPS) is 17.6. The van der Waals surface area contributed by atoms with Crippen LogP contribution >= 0.6 is 12.2 Å². The molecule has 0 aromatic heterocycles. The fraction of sp³-hybridized carbons (Fsp3) is 0.0455. The topological polar surface area (TPSA) is 126 Å². The van der Waals surface area contributed by atoms with E-state index in [4.69, 9.17) is 9.47 Å². The van der Waals surface area contributed by atoms with E-state index in [1.165, 1.54) is 18.2 Å². The van der Waals surface area contributed by atoms with Crippen molar-refractivity contribution in [3.63, 3.8) is 0 Å². The number of esters is 1. The van der Waals surface area contributed by atoms with Crippen molar-refractivity contribution in [1.29, 1.82) is 0 Å². The maximum Gasteiger partial charge on any atom is 0.340 e. The summed E-state index contributed by atoms with van der Waals surface area (Å²) in [5, 5.41) is 32.5. The molecule has 0 amide bonds. The summed E-state index contributed by atoms with van der Waals surface area (Å²) in [6.07, 6.45) is 0. The van der Waals surface area contributed by atoms with Gasteiger partial charge in [0.25, 0.3) is 0 Å². The molecule has 31 heavy (non-hydrogen) atoms. The number of aromatic carboxylic acids is 1. The van der Waals surface area contributed by atoms with Gasteiger partial charge in [0.05, 0.1) is 16.3 Å². The third-order valence-electron chi connectivity index (χ3n) is 5.30. The average molecular weight is 433 g/mol. The van der Waals surface area contributed by atoms with Crippen LogP contribution in [0.1, 0.15) is 37.4 Å². The number of aromatic hydroxyl groups is 2. The fourth-order valence-electron chi connectivity index (χ4n) is 4.17. The van der Waals surface area contributed by atoms with E-state index >= 15 is 0 Å². The number of rotatable bonds is 2. The van der Waals surface area contributed by atoms with Gasteiger partial charge in [-0.15, -0.1) is 0 Å². The molecule has 0 saturated carbocycles. The number of benzene rings is 3. The van der Waals surface area contributed by atoms with Gasteiger partial charge in [0, 0.05) is 23.3 Å². The summed E-state index contributed by atoms with van der Waals surface area (Å²) in [5.74, 6) is -2.65. The highest BCUT2D eigenvalue weighted by molar-refractivity contribution is 7.78. The number of thiocarbonyl (C=S) groups is 1. The molecule has 1 spiro atoms. The van der Waals surface area contributed by atoms with Gasteiger partial charge in [0.15, 0.2) is 5.60 Å². The zero-order valence-corrected chi connectivity index (χ0v) is 16.3. The van der Waals surface area contributed by atoms with Gasteiger partial charge in [0.2, 0.25) is 0 Å². The lowest BCUT2D eigenvalue weighted by atomic mass is 9.75. The molecule has 3 aromatic rings. The number of phenolic OH excluding ortho intramolecular Hbond substituents is 2. The molecule has 2 aliphatic heterocycles. The Bertz CT molecular complexity index is 1380. The van der Waals surface area contributed by atoms with E-state index in [2.05, 4.69) is 22.4 Å². The number of fused-ring (bicyclic) bond motifs is 6. The molecule has 2 aliphatic rings. The molecule has 3 aromatic carbocycles. The number of ether oxygens (including phenoxy) is 2. The minimum Gasteiger partial charge on any atom is -0.508 e. The molecule has 0 fully saturated rings. The zero-order chi connectivity index (χ0) is 21.9. The Morgan fingerprint density at radius 3 is 2.58 bits per heavy atom. The lowest BCUT2D eigenvalue weighted by Gasteiger charge is -2.37. The molecule has 3 N–H and O–H groups in total. The maximum absolute atomic E-state index is 12.8. The lowest BCUT2D eigenvalue weighted by Crippen LogP contribution is -2.35. The second-order valence-electron chi connectivity index (χ2n) is 6.90. The number of carboxylic acid groups (broad SMARTS) is 1. The van der Waals surface area contributed by atoms with E-state index in [-0.39, 0.29) is 34.1 Å². The number of isothiocyanates is 1. The summed E-state index contributed by atoms with van der Waals surface area (Å²) in [4.78, 5) is 28.9. The van der Waals surface area contributed by atoms with E-state index in [0.29, 0.717) is 11.1 Å². The van der Waals surface area contributed by atoms with Crippen LogP contribution in [0.25, 0.3) is 0 Å². The van der Waals surface area contributed by atoms with Gasteiger partial charge < -0.3 is 24.8 Å². The molecule has 2 heterocycles. The van der Waals surface area contributed by atoms with Gasteiger partial charge in [0.1, 0.15) is 34.2 Å². The molecular weight excluding hydrogens is 422 g/mol. The standard InChI is InChI=1S/C22H11NO7S/c24-10-5-6-13-15(7-10)29-16-8-14(25)19(23-9-31)17(20(26)27)18(16)22(13)12-4-2-1-3-11(12)21(28)30-22/h1-8,24-25H,(H,26,27). The van der Waals surface area contributed by atoms with Crippen molar-refractivity contribution < 1.29 is 34.4 Å². The molecule has 1 atom stereocenters. The second kappa shape index (κ2) is 6.40. The summed E-state index contributed by atoms with van der Waals surface area (Å²) >= 11 is 4.61. The quantitative estimate of drug-likeness (QED) is 0.313. The van der Waals surface area contributed by atoms with Crippen LogP contribution < -0.4 is 4.74 Å². The monoisotopic (exact) mass is 433 g/mol. The summed E-state index contributed by atoms with van der Waals surface area (Å²) in [5.41, 5.74) is -1.58. The molecule has 9 heteroatoms. The van der Waals surface area contributed by atoms with Crippen LogP contribution in [-0.4, -0.2) is 32.4 Å². The van der Waals surface area contributed by atoms with Crippen LogP contribution in [0, 0.1) is 0 Å². The zero-order valence-electron chi connectivity index (χ0n) is 15.4. The molecule has 5 rings (SSSR count). The second-order valence-corrected chi connectivity index (χ2v) is 7.08. The van der Waals surface area contributed by atoms with Crippen LogP contribution in [0.2, 0.25) is 0 Å². The highest BCUT2D eigenvalue weighted by Crippen LogP contribution is 2.59. The van der Waals surface area contributed by atoms with Crippen LogP contribution in [0.15, 0.2) is 53.5 Å². The molecule has 0 saturated heterocycles. The van der Waals surface area contributed by atoms with Crippen molar-refractivity contribution in [2.45, 2.75) is 5.60 Å². The number of carboxylic acids is 1. The SMILES string of the molecule is O=C1OC2(c3ccc(O)cc3Oc3cc(O)c(N=C=S)c(C(=O)O)c32)c2ccccc21. The van der Waals surface area contributed by atoms with Crippen LogP contribution in [0.4, 0.5) is 5.69 Å². The Labute approximate surface area is 179 Å². The fourth-order valence-corrected chi connectivity index (χ4v) is 4.27. The van der Waals surface area contributed by atoms with Crippen molar-refractivity contribution in [2.75, 3.05) is 0 Å². The van der Waals surface area contributed by atoms with Gasteiger partial charge in [-0.25, -0.2) is 9.59 Å². The number of nitrogens with zero attached hydrogens (tertiary/aromatic N) is 1. The number of hydrogen-bond acceptors (Lipinski definition) is 8. The minimum atomic E-state index is -1.71. The van der Waals surface area contributed by atoms with Crippen LogP contribution in [0.3, 0.4) is 0 Å². The number of hydrogen-bond donors (Lipinski definition) is 3. The summed E-state index contributed by atoms with van der Waals surface area (Å²) in [6.45, 7) is 0. The third-order valence-corrected chi connectivity index (χ3v) is 5.39. The summed E-state index contributed by atoms with van der Waals surface area (Å²) in [7, 11) is 0. The smallest absolute Gasteiger partial charge is 0.340 e. The van der Waals surface area contributed by atoms with E-state index < -0.39 is 28.9 Å². The van der Waals surface area contributed by atoms with E-state index in [0.717, 1.165) is 6.07 Å².